The Morgan fingerprint density at radius 2 is 1.11 bits per heavy atom. The molecule has 34 heteroatoms. The first kappa shape index (κ1) is 74.2. The monoisotopic (exact) mass is 1370 g/mol. The number of benzene rings is 3. The maximum absolute atomic E-state index is 15.6. The quantitative estimate of drug-likeness (QED) is 0.0404. The number of fused-ring (bicyclic) bond motifs is 3. The molecule has 3 aromatic rings. The fourth-order valence-electron chi connectivity index (χ4n) is 11.0. The van der Waals surface area contributed by atoms with E-state index in [0.29, 0.717) is 43.3 Å². The fraction of sp³-hybridized carbons (Fsp3) is 0.492. The number of allylic oxidation sites excluding steroid dienone is 3. The zero-order valence-electron chi connectivity index (χ0n) is 51.6. The van der Waals surface area contributed by atoms with Gasteiger partial charge in [-0.3, -0.25) is 39.0 Å². The van der Waals surface area contributed by atoms with E-state index in [-0.39, 0.29) is 12.5 Å². The van der Waals surface area contributed by atoms with Crippen molar-refractivity contribution < 1.29 is 116 Å². The number of nitrogens with zero attached hydrogens (tertiary/aromatic N) is 3. The molecule has 5 amide bonds. The van der Waals surface area contributed by atoms with Gasteiger partial charge in [0.1, 0.15) is 36.9 Å². The lowest BCUT2D eigenvalue weighted by atomic mass is 9.91. The molecule has 4 fully saturated rings. The SMILES string of the molecule is COC(=O)[C@](OC1CNN2C(=O)[C@H]3C[C@H](Cl)CNN3C(=O)[C@H](C/C=C/C=C/C(C)C)NC(=O)[C@H]3C[C@@H](OC(=O)[C@](OC)(c4ccccc4)C(F)(F)F)CNN3C(=O)COC(=O)[C@](C)(COC(=O)[C@](OC)(c3ccccc3)C(F)(F)F)NC(=O)[C@@H]2C1)(c1ccccc1)C(F)(F)F. The molecule has 1 unspecified atom stereocenters. The van der Waals surface area contributed by atoms with Crippen LogP contribution in [0.1, 0.15) is 63.1 Å². The van der Waals surface area contributed by atoms with Gasteiger partial charge in [0.15, 0.2) is 12.1 Å². The summed E-state index contributed by atoms with van der Waals surface area (Å²) in [6.07, 6.45) is -17.3. The predicted molar refractivity (Wildman–Crippen MR) is 311 cm³/mol. The van der Waals surface area contributed by atoms with Crippen LogP contribution < -0.4 is 26.9 Å². The van der Waals surface area contributed by atoms with E-state index < -0.39 is 205 Å². The molecule has 4 aliphatic rings. The second-order valence-electron chi connectivity index (χ2n) is 22.7. The van der Waals surface area contributed by atoms with Crippen molar-refractivity contribution >= 4 is 65.0 Å². The molecule has 95 heavy (non-hydrogen) atoms. The van der Waals surface area contributed by atoms with Gasteiger partial charge in [-0.2, -0.15) is 39.5 Å². The van der Waals surface area contributed by atoms with Crippen LogP contribution in [-0.2, 0) is 93.1 Å². The van der Waals surface area contributed by atoms with Crippen LogP contribution in [0.5, 0.6) is 0 Å². The predicted octanol–water partition coefficient (Wildman–Crippen LogP) is 4.66. The molecule has 0 aromatic heterocycles. The Morgan fingerprint density at radius 3 is 1.63 bits per heavy atom. The van der Waals surface area contributed by atoms with Crippen LogP contribution in [0.4, 0.5) is 39.5 Å². The highest BCUT2D eigenvalue weighted by molar-refractivity contribution is 6.21. The molecule has 0 saturated carbocycles. The highest BCUT2D eigenvalue weighted by atomic mass is 35.5. The smallest absolute Gasteiger partial charge is 0.432 e. The van der Waals surface area contributed by atoms with E-state index in [9.17, 15) is 28.8 Å². The minimum Gasteiger partial charge on any atom is -0.466 e. The van der Waals surface area contributed by atoms with Crippen molar-refractivity contribution in [1.29, 1.82) is 0 Å². The lowest BCUT2D eigenvalue weighted by Crippen LogP contribution is -2.72. The number of ether oxygens (including phenoxy) is 7. The molecule has 4 saturated heterocycles. The summed E-state index contributed by atoms with van der Waals surface area (Å²) < 4.78 is 174. The largest absolute Gasteiger partial charge is 0.466 e. The topological polar surface area (TPSA) is 288 Å². The molecule has 518 valence electrons. The normalized spacial score (nSPS) is 25.9. The number of hydrogen-bond donors (Lipinski definition) is 5. The average Bonchev–Trinajstić information content (AvgIpc) is 0.775. The van der Waals surface area contributed by atoms with Crippen molar-refractivity contribution in [1.82, 2.24) is 41.9 Å². The fourth-order valence-corrected chi connectivity index (χ4v) is 11.3. The summed E-state index contributed by atoms with van der Waals surface area (Å²) in [5.41, 5.74) is -9.55. The second kappa shape index (κ2) is 30.3. The van der Waals surface area contributed by atoms with E-state index in [1.54, 1.807) is 12.2 Å². The van der Waals surface area contributed by atoms with Crippen LogP contribution >= 0.6 is 11.6 Å². The Hall–Kier alpha value is -8.21. The van der Waals surface area contributed by atoms with Gasteiger partial charge in [-0.15, -0.1) is 11.6 Å². The summed E-state index contributed by atoms with van der Waals surface area (Å²) in [5.74, 6) is -15.0. The lowest BCUT2D eigenvalue weighted by molar-refractivity contribution is -0.297. The van der Waals surface area contributed by atoms with Gasteiger partial charge in [-0.25, -0.2) is 35.5 Å². The Labute approximate surface area is 542 Å². The average molecular weight is 1380 g/mol. The first-order valence-corrected chi connectivity index (χ1v) is 29.7. The molecule has 4 aliphatic heterocycles. The van der Waals surface area contributed by atoms with Crippen LogP contribution in [0.2, 0.25) is 0 Å². The molecule has 0 spiro atoms. The Morgan fingerprint density at radius 1 is 0.621 bits per heavy atom. The molecule has 7 rings (SSSR count). The van der Waals surface area contributed by atoms with E-state index in [0.717, 1.165) is 60.7 Å². The first-order chi connectivity index (χ1) is 44.7. The van der Waals surface area contributed by atoms with Crippen molar-refractivity contribution in [3.05, 3.63) is 132 Å². The third-order valence-electron chi connectivity index (χ3n) is 15.9. The summed E-state index contributed by atoms with van der Waals surface area (Å²) in [4.78, 5) is 132. The summed E-state index contributed by atoms with van der Waals surface area (Å²) in [5, 5.41) is 5.24. The number of carbonyl (C=O) groups is 9. The number of amides is 5. The van der Waals surface area contributed by atoms with Crippen molar-refractivity contribution in [2.45, 2.75) is 129 Å². The van der Waals surface area contributed by atoms with E-state index in [4.69, 9.17) is 40.0 Å². The number of rotatable bonds is 17. The number of nitrogens with one attached hydrogen (secondary N) is 5. The maximum Gasteiger partial charge on any atom is 0.432 e. The molecule has 24 nitrogen and oxygen atoms in total. The van der Waals surface area contributed by atoms with Crippen LogP contribution in [0, 0.1) is 5.92 Å². The molecular formula is C61H68ClF9N8O16. The third-order valence-corrected chi connectivity index (χ3v) is 16.2. The summed E-state index contributed by atoms with van der Waals surface area (Å²) in [7, 11) is 1.71. The van der Waals surface area contributed by atoms with Crippen molar-refractivity contribution in [2.75, 3.05) is 54.2 Å². The molecule has 0 radical (unpaired) electrons. The molecule has 4 heterocycles. The van der Waals surface area contributed by atoms with Gasteiger partial charge in [-0.1, -0.05) is 129 Å². The summed E-state index contributed by atoms with van der Waals surface area (Å²) >= 11 is 6.65. The van der Waals surface area contributed by atoms with Crippen molar-refractivity contribution in [2.24, 2.45) is 5.92 Å². The number of halogens is 10. The first-order valence-electron chi connectivity index (χ1n) is 29.2. The molecule has 0 bridgehead atoms. The minimum atomic E-state index is -5.66. The highest BCUT2D eigenvalue weighted by Gasteiger charge is 2.68. The number of esters is 4. The van der Waals surface area contributed by atoms with E-state index >= 15 is 53.9 Å². The standard InChI is InChI=1S/C61H68ClF9N8O16/c1-35(2)19-11-7-18-26-42-49(83)79-45(27-39(62)30-72-79)50(84)78-44(29-41(32-74-78)95-58(52(86)89-4,61(69,70)71)38-24-16-10-17-25-38)48(82)76-55(3,34-93-53(87)56(90-5,59(63,64)65)36-20-12-8-13-21-36)51(85)92-33-46(80)77-43(47(81)75-42)28-40(31-73-77)94-54(88)57(91-6,60(66,67)68)37-22-14-9-15-23-37/h7-25,35,39-45,72-74H,26-34H2,1-6H3,(H,75,81)(H,76,82)/b18-7+,19-11+/t39-,40+,41?,42-,43+,44-,45+,55-,56+,57+,58+/m0/s1. The van der Waals surface area contributed by atoms with Crippen LogP contribution in [0.15, 0.2) is 115 Å². The number of carbonyl (C=O) groups excluding carboxylic acids is 9. The van der Waals surface area contributed by atoms with Gasteiger partial charge in [0.25, 0.3) is 34.5 Å². The molecule has 3 aromatic carbocycles. The van der Waals surface area contributed by atoms with Gasteiger partial charge in [0, 0.05) is 56.8 Å². The molecule has 0 aliphatic carbocycles. The molecular weight excluding hydrogens is 1310 g/mol. The number of hydrazine groups is 3. The Kier molecular flexibility index (Phi) is 23.6. The van der Waals surface area contributed by atoms with E-state index in [1.165, 1.54) is 42.5 Å². The summed E-state index contributed by atoms with van der Waals surface area (Å²) in [6, 6.07) is 8.05. The van der Waals surface area contributed by atoms with Gasteiger partial charge in [-0.05, 0) is 25.7 Å². The number of alkyl halides is 10. The maximum atomic E-state index is 15.6. The van der Waals surface area contributed by atoms with Gasteiger partial charge < -0.3 is 43.8 Å². The zero-order valence-corrected chi connectivity index (χ0v) is 52.4. The number of cyclic esters (lactones) is 1. The van der Waals surface area contributed by atoms with E-state index in [1.807, 2.05) is 13.8 Å². The van der Waals surface area contributed by atoms with Crippen LogP contribution in [0.3, 0.4) is 0 Å². The van der Waals surface area contributed by atoms with Gasteiger partial charge >= 0.3 is 42.4 Å². The second-order valence-corrected chi connectivity index (χ2v) is 23.4. The van der Waals surface area contributed by atoms with E-state index in [2.05, 4.69) is 31.6 Å². The number of methoxy groups -OCH3 is 3. The van der Waals surface area contributed by atoms with Crippen LogP contribution in [-0.4, -0.2) is 188 Å². The Bertz CT molecular complexity index is 3340. The highest BCUT2D eigenvalue weighted by Crippen LogP contribution is 2.47. The van der Waals surface area contributed by atoms with Gasteiger partial charge in [0.05, 0.1) is 25.1 Å². The third kappa shape index (κ3) is 15.6. The molecule has 11 atom stereocenters. The number of hydrogen-bond acceptors (Lipinski definition) is 19. The minimum absolute atomic E-state index is 0.0113. The zero-order chi connectivity index (χ0) is 70.1. The lowest BCUT2D eigenvalue weighted by Gasteiger charge is -2.46. The van der Waals surface area contributed by atoms with Crippen LogP contribution in [0.25, 0.3) is 0 Å². The van der Waals surface area contributed by atoms with Crippen molar-refractivity contribution in [3.8, 4) is 0 Å². The Balaban J connectivity index is 1.36. The van der Waals surface area contributed by atoms with Gasteiger partial charge in [0.2, 0.25) is 11.8 Å². The summed E-state index contributed by atoms with van der Waals surface area (Å²) in [6.45, 7) is -0.841. The van der Waals surface area contributed by atoms with Crippen molar-refractivity contribution in [3.63, 3.8) is 0 Å². The molecule has 5 N–H and O–H groups in total.